The normalized spacial score (nSPS) is 15.3. The Morgan fingerprint density at radius 3 is 1.83 bits per heavy atom. The van der Waals surface area contributed by atoms with Crippen molar-refractivity contribution in [3.63, 3.8) is 0 Å². The molecule has 3 nitrogen and oxygen atoms in total. The van der Waals surface area contributed by atoms with Crippen LogP contribution in [0.1, 0.15) is 17.3 Å². The molecule has 0 saturated carbocycles. The van der Waals surface area contributed by atoms with E-state index >= 15 is 0 Å². The molecule has 1 aliphatic rings. The summed E-state index contributed by atoms with van der Waals surface area (Å²) in [4.78, 5) is 9.49. The van der Waals surface area contributed by atoms with Crippen LogP contribution in [0.25, 0.3) is 33.0 Å². The fourth-order valence-electron chi connectivity index (χ4n) is 4.43. The van der Waals surface area contributed by atoms with Gasteiger partial charge in [0, 0.05) is 5.56 Å². The minimum Gasteiger partial charge on any atom is -0.315 e. The van der Waals surface area contributed by atoms with E-state index in [2.05, 4.69) is 95.2 Å². The van der Waals surface area contributed by atoms with Crippen molar-refractivity contribution in [1.82, 2.24) is 5.32 Å². The van der Waals surface area contributed by atoms with Gasteiger partial charge in [-0.1, -0.05) is 103 Å². The maximum Gasteiger partial charge on any atom is 0.199 e. The summed E-state index contributed by atoms with van der Waals surface area (Å²) in [6, 6.07) is 41.9. The van der Waals surface area contributed by atoms with Gasteiger partial charge in [0.15, 0.2) is 11.5 Å². The third-order valence-corrected chi connectivity index (χ3v) is 6.41. The molecule has 5 aromatic rings. The highest BCUT2D eigenvalue weighted by Crippen LogP contribution is 2.29. The highest BCUT2D eigenvalue weighted by molar-refractivity contribution is 6.66. The minimum atomic E-state index is -0.409. The Hall–Kier alpha value is -4.21. The first kappa shape index (κ1) is 21.3. The molecule has 5 aromatic carbocycles. The molecular formula is C31H22ClN3. The van der Waals surface area contributed by atoms with Crippen LogP contribution in [0.2, 0.25) is 0 Å². The van der Waals surface area contributed by atoms with Crippen molar-refractivity contribution in [2.75, 3.05) is 0 Å². The maximum absolute atomic E-state index is 6.44. The van der Waals surface area contributed by atoms with Crippen LogP contribution >= 0.6 is 11.6 Å². The van der Waals surface area contributed by atoms with Gasteiger partial charge in [-0.25, -0.2) is 9.98 Å². The molecule has 0 saturated heterocycles. The highest BCUT2D eigenvalue weighted by atomic mass is 35.5. The van der Waals surface area contributed by atoms with Crippen molar-refractivity contribution in [1.29, 1.82) is 0 Å². The van der Waals surface area contributed by atoms with Crippen LogP contribution < -0.4 is 5.32 Å². The third-order valence-electron chi connectivity index (χ3n) is 6.22. The predicted octanol–water partition coefficient (Wildman–Crippen LogP) is 7.82. The van der Waals surface area contributed by atoms with E-state index in [-0.39, 0.29) is 0 Å². The Bertz CT molecular complexity index is 1570. The quantitative estimate of drug-likeness (QED) is 0.266. The molecule has 1 heterocycles. The molecule has 4 heteroatoms. The standard InChI is InChI=1S/C31H22ClN3/c32-31-34-29(26-13-7-12-24(18-26)21-8-3-1-4-9-21)33-30(35-31)27-17-15-23-14-16-25(19-28(23)20-27)22-10-5-2-6-11-22/h1-20,29H,(H,33,34,35). The second-order valence-corrected chi connectivity index (χ2v) is 8.89. The Kier molecular flexibility index (Phi) is 5.61. The minimum absolute atomic E-state index is 0.336. The molecule has 35 heavy (non-hydrogen) atoms. The summed E-state index contributed by atoms with van der Waals surface area (Å²) in [5.74, 6) is 0.715. The second kappa shape index (κ2) is 9.21. The Balaban J connectivity index is 1.36. The number of amidine groups is 2. The van der Waals surface area contributed by atoms with Gasteiger partial charge >= 0.3 is 0 Å². The lowest BCUT2D eigenvalue weighted by Crippen LogP contribution is -2.32. The van der Waals surface area contributed by atoms with Gasteiger partial charge in [0.25, 0.3) is 0 Å². The fourth-order valence-corrected chi connectivity index (χ4v) is 4.61. The third kappa shape index (κ3) is 4.46. The first-order chi connectivity index (χ1) is 17.2. The summed E-state index contributed by atoms with van der Waals surface area (Å²) in [7, 11) is 0. The van der Waals surface area contributed by atoms with Crippen LogP contribution in [0.15, 0.2) is 131 Å². The molecule has 1 atom stereocenters. The van der Waals surface area contributed by atoms with Crippen LogP contribution in [-0.4, -0.2) is 11.1 Å². The summed E-state index contributed by atoms with van der Waals surface area (Å²) in [5.41, 5.74) is 6.64. The zero-order valence-corrected chi connectivity index (χ0v) is 19.7. The molecule has 168 valence electrons. The summed E-state index contributed by atoms with van der Waals surface area (Å²) < 4.78 is 0. The van der Waals surface area contributed by atoms with Gasteiger partial charge in [-0.3, -0.25) is 0 Å². The average Bonchev–Trinajstić information content (AvgIpc) is 2.93. The van der Waals surface area contributed by atoms with E-state index in [0.717, 1.165) is 27.6 Å². The zero-order chi connectivity index (χ0) is 23.6. The van der Waals surface area contributed by atoms with E-state index in [1.807, 2.05) is 36.4 Å². The van der Waals surface area contributed by atoms with E-state index < -0.39 is 6.17 Å². The zero-order valence-electron chi connectivity index (χ0n) is 18.9. The lowest BCUT2D eigenvalue weighted by Gasteiger charge is -2.20. The number of hydrogen-bond acceptors (Lipinski definition) is 3. The molecular weight excluding hydrogens is 450 g/mol. The van der Waals surface area contributed by atoms with E-state index in [0.29, 0.717) is 11.1 Å². The van der Waals surface area contributed by atoms with Crippen molar-refractivity contribution in [3.05, 3.63) is 132 Å². The molecule has 0 radical (unpaired) electrons. The average molecular weight is 472 g/mol. The second-order valence-electron chi connectivity index (χ2n) is 8.53. The molecule has 0 aromatic heterocycles. The lowest BCUT2D eigenvalue weighted by molar-refractivity contribution is 0.760. The summed E-state index contributed by atoms with van der Waals surface area (Å²) in [6.45, 7) is 0. The maximum atomic E-state index is 6.44. The van der Waals surface area contributed by atoms with Gasteiger partial charge in [-0.15, -0.1) is 0 Å². The van der Waals surface area contributed by atoms with Gasteiger partial charge < -0.3 is 5.32 Å². The van der Waals surface area contributed by atoms with E-state index in [1.54, 1.807) is 0 Å². The number of benzene rings is 5. The van der Waals surface area contributed by atoms with Crippen molar-refractivity contribution in [2.45, 2.75) is 6.17 Å². The molecule has 0 fully saturated rings. The molecule has 6 rings (SSSR count). The highest BCUT2D eigenvalue weighted by Gasteiger charge is 2.19. The molecule has 0 bridgehead atoms. The number of hydrogen-bond donors (Lipinski definition) is 1. The van der Waals surface area contributed by atoms with E-state index in [4.69, 9.17) is 16.6 Å². The van der Waals surface area contributed by atoms with Crippen LogP contribution in [0.5, 0.6) is 0 Å². The molecule has 1 aliphatic heterocycles. The van der Waals surface area contributed by atoms with Gasteiger partial charge in [0.2, 0.25) is 0 Å². The summed E-state index contributed by atoms with van der Waals surface area (Å²) in [6.07, 6.45) is -0.409. The van der Waals surface area contributed by atoms with Crippen molar-refractivity contribution in [2.24, 2.45) is 9.98 Å². The van der Waals surface area contributed by atoms with Crippen molar-refractivity contribution in [3.8, 4) is 22.3 Å². The number of aliphatic imine (C=N–C) groups is 2. The molecule has 0 spiro atoms. The molecule has 1 N–H and O–H groups in total. The van der Waals surface area contributed by atoms with Crippen molar-refractivity contribution >= 4 is 33.5 Å². The first-order valence-corrected chi connectivity index (χ1v) is 11.9. The SMILES string of the molecule is ClC1=NC(c2cccc(-c3ccccc3)c2)N=C(c2ccc3ccc(-c4ccccc4)cc3c2)N1. The van der Waals surface area contributed by atoms with Gasteiger partial charge in [-0.05, 0) is 68.4 Å². The number of nitrogens with zero attached hydrogens (tertiary/aromatic N) is 2. The summed E-state index contributed by atoms with van der Waals surface area (Å²) in [5, 5.41) is 5.82. The number of rotatable bonds is 4. The fraction of sp³-hybridized carbons (Fsp3) is 0.0323. The van der Waals surface area contributed by atoms with Gasteiger partial charge in [-0.2, -0.15) is 0 Å². The molecule has 0 amide bonds. The smallest absolute Gasteiger partial charge is 0.199 e. The monoisotopic (exact) mass is 471 g/mol. The van der Waals surface area contributed by atoms with Crippen LogP contribution in [0.4, 0.5) is 0 Å². The van der Waals surface area contributed by atoms with Crippen molar-refractivity contribution < 1.29 is 0 Å². The first-order valence-electron chi connectivity index (χ1n) is 11.6. The lowest BCUT2D eigenvalue weighted by atomic mass is 9.99. The molecule has 0 aliphatic carbocycles. The van der Waals surface area contributed by atoms with Crippen LogP contribution in [-0.2, 0) is 0 Å². The van der Waals surface area contributed by atoms with Gasteiger partial charge in [0.1, 0.15) is 5.84 Å². The molecule has 1 unspecified atom stereocenters. The van der Waals surface area contributed by atoms with E-state index in [1.165, 1.54) is 16.5 Å². The van der Waals surface area contributed by atoms with Gasteiger partial charge in [0.05, 0.1) is 0 Å². The Morgan fingerprint density at radius 2 is 1.11 bits per heavy atom. The predicted molar refractivity (Wildman–Crippen MR) is 147 cm³/mol. The van der Waals surface area contributed by atoms with Crippen LogP contribution in [0.3, 0.4) is 0 Å². The Morgan fingerprint density at radius 1 is 0.514 bits per heavy atom. The summed E-state index contributed by atoms with van der Waals surface area (Å²) >= 11 is 6.44. The topological polar surface area (TPSA) is 36.8 Å². The number of nitrogens with one attached hydrogen (secondary N) is 1. The van der Waals surface area contributed by atoms with E-state index in [9.17, 15) is 0 Å². The largest absolute Gasteiger partial charge is 0.315 e. The van der Waals surface area contributed by atoms with Crippen LogP contribution in [0, 0.1) is 0 Å². The number of fused-ring (bicyclic) bond motifs is 1. The Labute approximate surface area is 209 Å². The number of halogens is 1.